The van der Waals surface area contributed by atoms with Crippen LogP contribution in [-0.4, -0.2) is 37.8 Å². The summed E-state index contributed by atoms with van der Waals surface area (Å²) >= 11 is 0. The Kier molecular flexibility index (Phi) is 4.77. The molecule has 0 aliphatic carbocycles. The maximum atomic E-state index is 12.4. The van der Waals surface area contributed by atoms with Crippen LogP contribution in [0, 0.1) is 5.92 Å². The molecule has 0 amide bonds. The number of hydrogen-bond acceptors (Lipinski definition) is 4. The number of likely N-dealkylation sites (tertiary alicyclic amines) is 1. The van der Waals surface area contributed by atoms with Gasteiger partial charge in [0.25, 0.3) is 0 Å². The second-order valence-electron chi connectivity index (χ2n) is 5.20. The van der Waals surface area contributed by atoms with Gasteiger partial charge in [0.2, 0.25) is 0 Å². The van der Waals surface area contributed by atoms with Gasteiger partial charge >= 0.3 is 6.61 Å². The van der Waals surface area contributed by atoms with Crippen LogP contribution >= 0.6 is 0 Å². The number of nitrogens with two attached hydrogens (primary N) is 1. The van der Waals surface area contributed by atoms with Crippen LogP contribution in [-0.2, 0) is 6.54 Å². The highest BCUT2D eigenvalue weighted by molar-refractivity contribution is 5.43. The smallest absolute Gasteiger partial charge is 0.387 e. The van der Waals surface area contributed by atoms with Crippen molar-refractivity contribution in [1.29, 1.82) is 0 Å². The molecule has 20 heavy (non-hydrogen) atoms. The third-order valence-corrected chi connectivity index (χ3v) is 3.60. The predicted octanol–water partition coefficient (Wildman–Crippen LogP) is 2.08. The lowest BCUT2D eigenvalue weighted by molar-refractivity contribution is -0.0512. The predicted molar refractivity (Wildman–Crippen MR) is 72.0 cm³/mol. The van der Waals surface area contributed by atoms with Gasteiger partial charge < -0.3 is 15.2 Å². The molecule has 112 valence electrons. The van der Waals surface area contributed by atoms with Gasteiger partial charge in [-0.1, -0.05) is 13.0 Å². The number of benzene rings is 1. The average Bonchev–Trinajstić information content (AvgIpc) is 2.68. The van der Waals surface area contributed by atoms with Crippen molar-refractivity contribution in [2.24, 2.45) is 11.7 Å². The van der Waals surface area contributed by atoms with Crippen molar-refractivity contribution in [3.63, 3.8) is 0 Å². The Hall–Kier alpha value is -1.40. The van der Waals surface area contributed by atoms with Crippen LogP contribution in [0.15, 0.2) is 18.2 Å². The number of nitrogens with zero attached hydrogens (tertiary/aromatic N) is 1. The van der Waals surface area contributed by atoms with Crippen LogP contribution in [0.5, 0.6) is 11.5 Å². The number of methoxy groups -OCH3 is 1. The minimum Gasteiger partial charge on any atom is -0.493 e. The number of alkyl halides is 2. The lowest BCUT2D eigenvalue weighted by Crippen LogP contribution is -2.28. The molecule has 1 aliphatic heterocycles. The quantitative estimate of drug-likeness (QED) is 0.900. The number of hydrogen-bond donors (Lipinski definition) is 1. The Labute approximate surface area is 117 Å². The van der Waals surface area contributed by atoms with Gasteiger partial charge in [-0.15, -0.1) is 0 Å². The van der Waals surface area contributed by atoms with E-state index >= 15 is 0 Å². The lowest BCUT2D eigenvalue weighted by atomic mass is 10.1. The molecule has 2 unspecified atom stereocenters. The number of halogens is 2. The van der Waals surface area contributed by atoms with Gasteiger partial charge in [0.15, 0.2) is 11.5 Å². The van der Waals surface area contributed by atoms with E-state index in [-0.39, 0.29) is 11.8 Å². The third-order valence-electron chi connectivity index (χ3n) is 3.60. The molecule has 0 spiro atoms. The molecule has 6 heteroatoms. The Morgan fingerprint density at radius 2 is 2.10 bits per heavy atom. The first-order valence-corrected chi connectivity index (χ1v) is 6.59. The summed E-state index contributed by atoms with van der Waals surface area (Å²) in [6.07, 6.45) is 0. The van der Waals surface area contributed by atoms with Gasteiger partial charge in [0.05, 0.1) is 7.11 Å². The van der Waals surface area contributed by atoms with Crippen LogP contribution in [0.25, 0.3) is 0 Å². The molecular weight excluding hydrogens is 266 g/mol. The number of rotatable bonds is 5. The van der Waals surface area contributed by atoms with E-state index in [4.69, 9.17) is 10.5 Å². The number of ether oxygens (including phenoxy) is 2. The van der Waals surface area contributed by atoms with E-state index in [0.29, 0.717) is 18.2 Å². The second-order valence-corrected chi connectivity index (χ2v) is 5.20. The summed E-state index contributed by atoms with van der Waals surface area (Å²) in [6, 6.07) is 5.27. The molecule has 2 N–H and O–H groups in total. The Bertz CT molecular complexity index is 447. The largest absolute Gasteiger partial charge is 0.493 e. The van der Waals surface area contributed by atoms with Crippen molar-refractivity contribution in [2.45, 2.75) is 26.1 Å². The van der Waals surface area contributed by atoms with Crippen molar-refractivity contribution in [2.75, 3.05) is 20.2 Å². The molecule has 1 aliphatic rings. The van der Waals surface area contributed by atoms with Gasteiger partial charge in [-0.25, -0.2) is 0 Å². The van der Waals surface area contributed by atoms with Gasteiger partial charge in [-0.2, -0.15) is 8.78 Å². The zero-order valence-electron chi connectivity index (χ0n) is 11.7. The van der Waals surface area contributed by atoms with Crippen LogP contribution in [0.2, 0.25) is 0 Å². The van der Waals surface area contributed by atoms with Crippen LogP contribution in [0.1, 0.15) is 12.5 Å². The van der Waals surface area contributed by atoms with E-state index in [1.807, 2.05) is 6.07 Å². The van der Waals surface area contributed by atoms with Crippen LogP contribution in [0.4, 0.5) is 8.78 Å². The average molecular weight is 286 g/mol. The summed E-state index contributed by atoms with van der Waals surface area (Å²) < 4.78 is 34.2. The standard InChI is InChI=1S/C14H20F2N2O2/c1-9-6-18(8-11(9)17)7-10-3-4-12(19-2)13(5-10)20-14(15)16/h3-5,9,11,14H,6-8,17H2,1-2H3. The van der Waals surface area contributed by atoms with E-state index < -0.39 is 6.61 Å². The van der Waals surface area contributed by atoms with Gasteiger partial charge in [0.1, 0.15) is 0 Å². The zero-order valence-corrected chi connectivity index (χ0v) is 11.7. The molecule has 1 fully saturated rings. The molecule has 0 aromatic heterocycles. The van der Waals surface area contributed by atoms with Crippen molar-refractivity contribution < 1.29 is 18.3 Å². The Morgan fingerprint density at radius 3 is 2.65 bits per heavy atom. The molecule has 1 saturated heterocycles. The molecule has 2 atom stereocenters. The molecule has 0 bridgehead atoms. The van der Waals surface area contributed by atoms with Gasteiger partial charge in [0, 0.05) is 25.7 Å². The van der Waals surface area contributed by atoms with E-state index in [1.165, 1.54) is 7.11 Å². The first-order chi connectivity index (χ1) is 9.49. The second kappa shape index (κ2) is 6.37. The van der Waals surface area contributed by atoms with E-state index in [9.17, 15) is 8.78 Å². The highest BCUT2D eigenvalue weighted by Gasteiger charge is 2.26. The highest BCUT2D eigenvalue weighted by atomic mass is 19.3. The van der Waals surface area contributed by atoms with Crippen molar-refractivity contribution >= 4 is 0 Å². The summed E-state index contributed by atoms with van der Waals surface area (Å²) in [5, 5.41) is 0. The molecule has 0 saturated carbocycles. The lowest BCUT2D eigenvalue weighted by Gasteiger charge is -2.17. The molecule has 2 rings (SSSR count). The first kappa shape index (κ1) is 15.0. The molecular formula is C14H20F2N2O2. The van der Waals surface area contributed by atoms with Crippen LogP contribution < -0.4 is 15.2 Å². The maximum absolute atomic E-state index is 12.4. The summed E-state index contributed by atoms with van der Waals surface area (Å²) in [7, 11) is 1.43. The van der Waals surface area contributed by atoms with Crippen molar-refractivity contribution in [3.05, 3.63) is 23.8 Å². The fourth-order valence-electron chi connectivity index (χ4n) is 2.49. The highest BCUT2D eigenvalue weighted by Crippen LogP contribution is 2.30. The molecule has 1 heterocycles. The Morgan fingerprint density at radius 1 is 1.35 bits per heavy atom. The van der Waals surface area contributed by atoms with Crippen molar-refractivity contribution in [3.8, 4) is 11.5 Å². The first-order valence-electron chi connectivity index (χ1n) is 6.59. The topological polar surface area (TPSA) is 47.7 Å². The maximum Gasteiger partial charge on any atom is 0.387 e. The fourth-order valence-corrected chi connectivity index (χ4v) is 2.49. The molecule has 1 aromatic rings. The Balaban J connectivity index is 2.08. The van der Waals surface area contributed by atoms with E-state index in [1.54, 1.807) is 12.1 Å². The van der Waals surface area contributed by atoms with E-state index in [0.717, 1.165) is 18.7 Å². The minimum atomic E-state index is -2.86. The fraction of sp³-hybridized carbons (Fsp3) is 0.571. The molecule has 4 nitrogen and oxygen atoms in total. The molecule has 1 aromatic carbocycles. The minimum absolute atomic E-state index is 0.0662. The summed E-state index contributed by atoms with van der Waals surface area (Å²) in [5.74, 6) is 0.821. The zero-order chi connectivity index (χ0) is 14.7. The normalized spacial score (nSPS) is 23.3. The summed E-state index contributed by atoms with van der Waals surface area (Å²) in [4.78, 5) is 2.21. The monoisotopic (exact) mass is 286 g/mol. The van der Waals surface area contributed by atoms with Gasteiger partial charge in [-0.05, 0) is 23.6 Å². The van der Waals surface area contributed by atoms with Crippen molar-refractivity contribution in [1.82, 2.24) is 4.90 Å². The van der Waals surface area contributed by atoms with Crippen LogP contribution in [0.3, 0.4) is 0 Å². The van der Waals surface area contributed by atoms with Gasteiger partial charge in [-0.3, -0.25) is 4.90 Å². The van der Waals surface area contributed by atoms with E-state index in [2.05, 4.69) is 16.6 Å². The summed E-state index contributed by atoms with van der Waals surface area (Å²) in [6.45, 7) is 1.65. The molecule has 0 radical (unpaired) electrons. The summed E-state index contributed by atoms with van der Waals surface area (Å²) in [5.41, 5.74) is 6.88. The SMILES string of the molecule is COc1ccc(CN2CC(C)C(N)C2)cc1OC(F)F. The third kappa shape index (κ3) is 3.58.